The summed E-state index contributed by atoms with van der Waals surface area (Å²) < 4.78 is 7.24. The van der Waals surface area contributed by atoms with E-state index in [-0.39, 0.29) is 0 Å². The van der Waals surface area contributed by atoms with Crippen LogP contribution in [0.25, 0.3) is 120 Å². The minimum atomic E-state index is 1.01. The Labute approximate surface area is 355 Å². The Morgan fingerprint density at radius 3 is 1.66 bits per heavy atom. The van der Waals surface area contributed by atoms with Crippen molar-refractivity contribution in [3.8, 4) is 50.3 Å². The number of imidazole rings is 1. The second-order valence-electron chi connectivity index (χ2n) is 15.9. The van der Waals surface area contributed by atoms with E-state index in [1.165, 1.54) is 91.8 Å². The van der Waals surface area contributed by atoms with Crippen LogP contribution in [0.2, 0.25) is 0 Å². The molecule has 0 spiro atoms. The molecule has 13 rings (SSSR count). The zero-order valence-electron chi connectivity index (χ0n) is 33.0. The monoisotopic (exact) mass is 793 g/mol. The zero-order chi connectivity index (χ0) is 40.0. The van der Waals surface area contributed by atoms with Crippen LogP contribution in [-0.4, -0.2) is 14.0 Å². The number of aromatic nitrogens is 3. The van der Waals surface area contributed by atoms with Crippen molar-refractivity contribution in [1.29, 1.82) is 0 Å². The largest absolute Gasteiger partial charge is 0.309 e. The molecule has 0 aliphatic carbocycles. The fourth-order valence-electron chi connectivity index (χ4n) is 9.68. The average molecular weight is 794 g/mol. The number of nitrogens with zero attached hydrogens (tertiary/aromatic N) is 3. The van der Waals surface area contributed by atoms with Crippen molar-refractivity contribution in [2.24, 2.45) is 0 Å². The van der Waals surface area contributed by atoms with Crippen LogP contribution < -0.4 is 0 Å². The van der Waals surface area contributed by atoms with Gasteiger partial charge in [0.2, 0.25) is 0 Å². The Balaban J connectivity index is 0.874. The molecule has 0 unspecified atom stereocenters. The van der Waals surface area contributed by atoms with Crippen LogP contribution in [0.3, 0.4) is 0 Å². The van der Waals surface area contributed by atoms with E-state index in [1.807, 2.05) is 11.3 Å². The van der Waals surface area contributed by atoms with Crippen LogP contribution in [0, 0.1) is 0 Å². The zero-order valence-corrected chi connectivity index (χ0v) is 33.8. The molecule has 0 aliphatic heterocycles. The van der Waals surface area contributed by atoms with E-state index >= 15 is 0 Å². The SMILES string of the molecule is c1ccc(-n2c3ccccc3c3ccc(-c4ccc(-c5ccc(-c6ccc(-c7cc8c9ccccc9sc8c8nc9ccccc9n78)cc6)c6ccccc56)cc4)cc32)cc1. The lowest BCUT2D eigenvalue weighted by Crippen LogP contribution is -1.93. The molecule has 9 aromatic carbocycles. The normalized spacial score (nSPS) is 11.9. The summed E-state index contributed by atoms with van der Waals surface area (Å²) in [6, 6.07) is 77.4. The molecule has 0 saturated heterocycles. The first-order chi connectivity index (χ1) is 30.2. The summed E-state index contributed by atoms with van der Waals surface area (Å²) in [6.07, 6.45) is 0. The maximum absolute atomic E-state index is 5.18. The predicted molar refractivity (Wildman–Crippen MR) is 259 cm³/mol. The number of para-hydroxylation sites is 4. The lowest BCUT2D eigenvalue weighted by Gasteiger charge is -2.14. The van der Waals surface area contributed by atoms with Gasteiger partial charge >= 0.3 is 0 Å². The number of hydrogen-bond acceptors (Lipinski definition) is 2. The molecule has 4 heteroatoms. The smallest absolute Gasteiger partial charge is 0.156 e. The van der Waals surface area contributed by atoms with Crippen molar-refractivity contribution in [3.05, 3.63) is 212 Å². The summed E-state index contributed by atoms with van der Waals surface area (Å²) in [5, 5.41) is 7.55. The Hall–Kier alpha value is -7.79. The fourth-order valence-corrected chi connectivity index (χ4v) is 10.8. The molecular weight excluding hydrogens is 759 g/mol. The maximum Gasteiger partial charge on any atom is 0.156 e. The molecule has 4 aromatic heterocycles. The van der Waals surface area contributed by atoms with Crippen LogP contribution in [0.5, 0.6) is 0 Å². The Bertz CT molecular complexity index is 3850. The third kappa shape index (κ3) is 5.26. The van der Waals surface area contributed by atoms with E-state index < -0.39 is 0 Å². The molecule has 3 nitrogen and oxygen atoms in total. The van der Waals surface area contributed by atoms with Crippen molar-refractivity contribution >= 4 is 80.8 Å². The molecule has 0 N–H and O–H groups in total. The lowest BCUT2D eigenvalue weighted by molar-refractivity contribution is 1.18. The highest BCUT2D eigenvalue weighted by molar-refractivity contribution is 7.26. The highest BCUT2D eigenvalue weighted by atomic mass is 32.1. The van der Waals surface area contributed by atoms with Gasteiger partial charge in [0, 0.05) is 31.9 Å². The summed E-state index contributed by atoms with van der Waals surface area (Å²) in [4.78, 5) is 5.18. The van der Waals surface area contributed by atoms with Gasteiger partial charge in [-0.3, -0.25) is 4.40 Å². The molecule has 0 radical (unpaired) electrons. The average Bonchev–Trinajstić information content (AvgIpc) is 4.01. The van der Waals surface area contributed by atoms with Crippen molar-refractivity contribution in [2.45, 2.75) is 0 Å². The first-order valence-corrected chi connectivity index (χ1v) is 21.6. The van der Waals surface area contributed by atoms with Gasteiger partial charge in [-0.1, -0.05) is 164 Å². The number of fused-ring (bicyclic) bond motifs is 11. The Kier molecular flexibility index (Phi) is 7.47. The molecule has 61 heavy (non-hydrogen) atoms. The molecule has 284 valence electrons. The van der Waals surface area contributed by atoms with Gasteiger partial charge in [-0.05, 0) is 98.2 Å². The van der Waals surface area contributed by atoms with E-state index in [0.29, 0.717) is 0 Å². The Morgan fingerprint density at radius 1 is 0.361 bits per heavy atom. The second-order valence-corrected chi connectivity index (χ2v) is 17.0. The standard InChI is InChI=1S/C57H35N3S/c1-2-12-41(13-3-1)59-51-19-9-6-16-46(51)47-31-30-40(34-54(47)59)36-22-24-37(25-23-36)42-32-33-43(45-15-5-4-14-44(42)45)38-26-28-39(29-27-38)53-35-49-48-17-7-11-21-55(48)61-56(49)57-58-50-18-8-10-20-52(50)60(53)57/h1-35H. The van der Waals surface area contributed by atoms with Gasteiger partial charge in [0.05, 0.1) is 32.5 Å². The molecule has 0 amide bonds. The minimum Gasteiger partial charge on any atom is -0.309 e. The minimum absolute atomic E-state index is 1.01. The van der Waals surface area contributed by atoms with Crippen molar-refractivity contribution in [3.63, 3.8) is 0 Å². The summed E-state index contributed by atoms with van der Waals surface area (Å²) in [7, 11) is 0. The van der Waals surface area contributed by atoms with E-state index in [1.54, 1.807) is 0 Å². The molecule has 0 aliphatic rings. The topological polar surface area (TPSA) is 22.2 Å². The van der Waals surface area contributed by atoms with Crippen molar-refractivity contribution in [1.82, 2.24) is 14.0 Å². The maximum atomic E-state index is 5.18. The lowest BCUT2D eigenvalue weighted by atomic mass is 9.91. The Morgan fingerprint density at radius 2 is 0.918 bits per heavy atom. The summed E-state index contributed by atoms with van der Waals surface area (Å²) >= 11 is 1.83. The van der Waals surface area contributed by atoms with Crippen molar-refractivity contribution < 1.29 is 0 Å². The van der Waals surface area contributed by atoms with Crippen LogP contribution in [0.15, 0.2) is 212 Å². The third-order valence-corrected chi connectivity index (χ3v) is 13.7. The third-order valence-electron chi connectivity index (χ3n) is 12.6. The summed E-state index contributed by atoms with van der Waals surface area (Å²) in [5.74, 6) is 0. The fraction of sp³-hybridized carbons (Fsp3) is 0. The quantitative estimate of drug-likeness (QED) is 0.170. The van der Waals surface area contributed by atoms with E-state index in [2.05, 4.69) is 221 Å². The van der Waals surface area contributed by atoms with Gasteiger partial charge < -0.3 is 4.57 Å². The second kappa shape index (κ2) is 13.4. The van der Waals surface area contributed by atoms with Gasteiger partial charge in [0.1, 0.15) is 0 Å². The van der Waals surface area contributed by atoms with Gasteiger partial charge in [0.25, 0.3) is 0 Å². The number of hydrogen-bond donors (Lipinski definition) is 0. The molecular formula is C57H35N3S. The summed E-state index contributed by atoms with van der Waals surface area (Å²) in [5.41, 5.74) is 16.3. The predicted octanol–water partition coefficient (Wildman–Crippen LogP) is 15.8. The highest BCUT2D eigenvalue weighted by Gasteiger charge is 2.19. The van der Waals surface area contributed by atoms with Crippen LogP contribution in [-0.2, 0) is 0 Å². The number of rotatable bonds is 5. The first-order valence-electron chi connectivity index (χ1n) is 20.8. The molecule has 13 aromatic rings. The first kappa shape index (κ1) is 34.1. The number of benzene rings is 9. The molecule has 0 bridgehead atoms. The van der Waals surface area contributed by atoms with Gasteiger partial charge in [0.15, 0.2) is 5.65 Å². The van der Waals surface area contributed by atoms with Gasteiger partial charge in [-0.2, -0.15) is 0 Å². The summed E-state index contributed by atoms with van der Waals surface area (Å²) in [6.45, 7) is 0. The van der Waals surface area contributed by atoms with E-state index in [0.717, 1.165) is 27.9 Å². The van der Waals surface area contributed by atoms with Gasteiger partial charge in [-0.25, -0.2) is 4.98 Å². The molecule has 0 fully saturated rings. The van der Waals surface area contributed by atoms with E-state index in [4.69, 9.17) is 4.98 Å². The van der Waals surface area contributed by atoms with Crippen molar-refractivity contribution in [2.75, 3.05) is 0 Å². The molecule has 0 saturated carbocycles. The molecule has 4 heterocycles. The van der Waals surface area contributed by atoms with E-state index in [9.17, 15) is 0 Å². The van der Waals surface area contributed by atoms with Crippen LogP contribution in [0.1, 0.15) is 0 Å². The number of pyridine rings is 1. The number of thiophene rings is 1. The van der Waals surface area contributed by atoms with Crippen LogP contribution in [0.4, 0.5) is 0 Å². The van der Waals surface area contributed by atoms with Gasteiger partial charge in [-0.15, -0.1) is 11.3 Å². The van der Waals surface area contributed by atoms with Crippen LogP contribution >= 0.6 is 11.3 Å². The highest BCUT2D eigenvalue weighted by Crippen LogP contribution is 2.42. The molecule has 0 atom stereocenters.